The topological polar surface area (TPSA) is 58.1 Å². The Morgan fingerprint density at radius 3 is 2.30 bits per heavy atom. The van der Waals surface area contributed by atoms with Crippen molar-refractivity contribution >= 4 is 5.96 Å². The number of aliphatic imine (C=N–C) groups is 1. The molecule has 2 N–H and O–H groups in total. The van der Waals surface area contributed by atoms with Crippen LogP contribution in [-0.2, 0) is 0 Å². The van der Waals surface area contributed by atoms with E-state index in [0.29, 0.717) is 12.6 Å². The first-order valence-electron chi connectivity index (χ1n) is 10.0. The summed E-state index contributed by atoms with van der Waals surface area (Å²) in [6, 6.07) is 8.01. The number of benzene rings is 1. The molecule has 0 bridgehead atoms. The van der Waals surface area contributed by atoms with Gasteiger partial charge >= 0.3 is 0 Å². The van der Waals surface area contributed by atoms with Crippen molar-refractivity contribution in [3.63, 3.8) is 0 Å². The van der Waals surface area contributed by atoms with E-state index in [-0.39, 0.29) is 6.10 Å². The number of hydrogen-bond acceptors (Lipinski definition) is 4. The maximum Gasteiger partial charge on any atom is 0.191 e. The summed E-state index contributed by atoms with van der Waals surface area (Å²) in [4.78, 5) is 6.77. The van der Waals surface area contributed by atoms with E-state index >= 15 is 0 Å². The molecule has 0 saturated carbocycles. The number of methoxy groups -OCH3 is 1. The number of guanidine groups is 1. The molecular formula is C21H38N4O2. The first-order chi connectivity index (χ1) is 13.0. The molecule has 0 spiro atoms. The molecule has 2 atom stereocenters. The first kappa shape index (κ1) is 23.1. The van der Waals surface area contributed by atoms with Crippen molar-refractivity contribution in [3.8, 4) is 11.5 Å². The van der Waals surface area contributed by atoms with E-state index in [9.17, 15) is 0 Å². The van der Waals surface area contributed by atoms with E-state index in [4.69, 9.17) is 9.47 Å². The monoisotopic (exact) mass is 378 g/mol. The largest absolute Gasteiger partial charge is 0.497 e. The lowest BCUT2D eigenvalue weighted by atomic mass is 10.2. The summed E-state index contributed by atoms with van der Waals surface area (Å²) in [6.45, 7) is 12.7. The van der Waals surface area contributed by atoms with E-state index in [1.807, 2.05) is 31.2 Å². The lowest BCUT2D eigenvalue weighted by Crippen LogP contribution is -2.45. The normalized spacial score (nSPS) is 14.0. The summed E-state index contributed by atoms with van der Waals surface area (Å²) in [5.74, 6) is 2.47. The molecule has 0 aromatic heterocycles. The van der Waals surface area contributed by atoms with Gasteiger partial charge in [0.2, 0.25) is 0 Å². The van der Waals surface area contributed by atoms with Crippen LogP contribution in [0.2, 0.25) is 0 Å². The Morgan fingerprint density at radius 1 is 1.11 bits per heavy atom. The van der Waals surface area contributed by atoms with Crippen LogP contribution in [0.4, 0.5) is 0 Å². The van der Waals surface area contributed by atoms with Crippen molar-refractivity contribution in [2.75, 3.05) is 40.3 Å². The van der Waals surface area contributed by atoms with E-state index in [2.05, 4.69) is 41.3 Å². The summed E-state index contributed by atoms with van der Waals surface area (Å²) < 4.78 is 11.1. The molecule has 0 fully saturated rings. The molecule has 2 unspecified atom stereocenters. The number of ether oxygens (including phenoxy) is 2. The molecule has 27 heavy (non-hydrogen) atoms. The molecule has 0 radical (unpaired) electrons. The van der Waals surface area contributed by atoms with Crippen molar-refractivity contribution in [1.29, 1.82) is 0 Å². The zero-order chi connectivity index (χ0) is 20.1. The minimum absolute atomic E-state index is 0.0231. The van der Waals surface area contributed by atoms with Crippen molar-refractivity contribution < 1.29 is 9.47 Å². The molecule has 1 aromatic rings. The predicted molar refractivity (Wildman–Crippen MR) is 114 cm³/mol. The van der Waals surface area contributed by atoms with Crippen LogP contribution >= 0.6 is 0 Å². The number of nitrogens with zero attached hydrogens (tertiary/aromatic N) is 2. The third-order valence-corrected chi connectivity index (χ3v) is 4.57. The average molecular weight is 379 g/mol. The van der Waals surface area contributed by atoms with Gasteiger partial charge in [0.1, 0.15) is 17.6 Å². The average Bonchev–Trinajstić information content (AvgIpc) is 2.69. The Bertz CT molecular complexity index is 529. The quantitative estimate of drug-likeness (QED) is 0.432. The van der Waals surface area contributed by atoms with Gasteiger partial charge in [0.15, 0.2) is 5.96 Å². The van der Waals surface area contributed by atoms with Crippen LogP contribution in [-0.4, -0.2) is 63.3 Å². The van der Waals surface area contributed by atoms with Crippen LogP contribution in [0.5, 0.6) is 11.5 Å². The van der Waals surface area contributed by atoms with E-state index in [0.717, 1.165) is 43.5 Å². The number of nitrogens with one attached hydrogen (secondary N) is 2. The van der Waals surface area contributed by atoms with Gasteiger partial charge < -0.3 is 25.0 Å². The van der Waals surface area contributed by atoms with Gasteiger partial charge in [-0.15, -0.1) is 0 Å². The molecule has 154 valence electrons. The van der Waals surface area contributed by atoms with Crippen LogP contribution in [0.25, 0.3) is 0 Å². The third kappa shape index (κ3) is 9.52. The maximum atomic E-state index is 5.92. The van der Waals surface area contributed by atoms with Gasteiger partial charge in [-0.1, -0.05) is 13.8 Å². The van der Waals surface area contributed by atoms with Crippen molar-refractivity contribution in [2.45, 2.75) is 52.7 Å². The zero-order valence-electron chi connectivity index (χ0n) is 17.9. The summed E-state index contributed by atoms with van der Waals surface area (Å²) >= 11 is 0. The molecule has 6 heteroatoms. The van der Waals surface area contributed by atoms with E-state index in [1.54, 1.807) is 14.2 Å². The Balaban J connectivity index is 2.31. The van der Waals surface area contributed by atoms with Gasteiger partial charge in [-0.05, 0) is 70.6 Å². The van der Waals surface area contributed by atoms with Crippen LogP contribution in [0.3, 0.4) is 0 Å². The van der Waals surface area contributed by atoms with Crippen molar-refractivity contribution in [2.24, 2.45) is 4.99 Å². The molecule has 0 heterocycles. The Morgan fingerprint density at radius 2 is 1.74 bits per heavy atom. The fourth-order valence-corrected chi connectivity index (χ4v) is 2.83. The molecular weight excluding hydrogens is 340 g/mol. The fourth-order valence-electron chi connectivity index (χ4n) is 2.83. The Kier molecular flexibility index (Phi) is 11.3. The molecule has 0 saturated heterocycles. The lowest BCUT2D eigenvalue weighted by Gasteiger charge is -2.22. The summed E-state index contributed by atoms with van der Waals surface area (Å²) in [5.41, 5.74) is 0. The standard InChI is InChI=1S/C21H38N4O2/c1-7-25(8-2)15-9-10-17(3)24-21(22-5)23-16-18(4)27-20-13-11-19(26-6)12-14-20/h11-14,17-18H,7-10,15-16H2,1-6H3,(H2,22,23,24). The maximum absolute atomic E-state index is 5.92. The highest BCUT2D eigenvalue weighted by atomic mass is 16.5. The highest BCUT2D eigenvalue weighted by Gasteiger charge is 2.09. The van der Waals surface area contributed by atoms with Crippen LogP contribution in [0.1, 0.15) is 40.5 Å². The second-order valence-corrected chi connectivity index (χ2v) is 6.77. The van der Waals surface area contributed by atoms with Gasteiger partial charge in [0.25, 0.3) is 0 Å². The third-order valence-electron chi connectivity index (χ3n) is 4.57. The minimum Gasteiger partial charge on any atom is -0.497 e. The van der Waals surface area contributed by atoms with Gasteiger partial charge in [-0.2, -0.15) is 0 Å². The SMILES string of the molecule is CCN(CC)CCCC(C)NC(=NC)NCC(C)Oc1ccc(OC)cc1. The molecule has 1 rings (SSSR count). The summed E-state index contributed by atoms with van der Waals surface area (Å²) in [7, 11) is 3.46. The zero-order valence-corrected chi connectivity index (χ0v) is 17.9. The van der Waals surface area contributed by atoms with E-state index < -0.39 is 0 Å². The van der Waals surface area contributed by atoms with Crippen LogP contribution in [0, 0.1) is 0 Å². The molecule has 1 aromatic carbocycles. The highest BCUT2D eigenvalue weighted by Crippen LogP contribution is 2.17. The smallest absolute Gasteiger partial charge is 0.191 e. The van der Waals surface area contributed by atoms with Gasteiger partial charge in [-0.3, -0.25) is 4.99 Å². The second kappa shape index (κ2) is 13.3. The van der Waals surface area contributed by atoms with Crippen molar-refractivity contribution in [1.82, 2.24) is 15.5 Å². The van der Waals surface area contributed by atoms with Crippen molar-refractivity contribution in [3.05, 3.63) is 24.3 Å². The number of rotatable bonds is 12. The van der Waals surface area contributed by atoms with Gasteiger partial charge in [0, 0.05) is 13.1 Å². The summed E-state index contributed by atoms with van der Waals surface area (Å²) in [5, 5.41) is 6.80. The summed E-state index contributed by atoms with van der Waals surface area (Å²) in [6.07, 6.45) is 2.33. The Hall–Kier alpha value is -1.95. The lowest BCUT2D eigenvalue weighted by molar-refractivity contribution is 0.223. The van der Waals surface area contributed by atoms with Crippen LogP contribution in [0.15, 0.2) is 29.3 Å². The molecule has 6 nitrogen and oxygen atoms in total. The predicted octanol–water partition coefficient (Wildman–Crippen LogP) is 3.14. The molecule has 0 aliphatic heterocycles. The molecule has 0 aliphatic rings. The van der Waals surface area contributed by atoms with Gasteiger partial charge in [-0.25, -0.2) is 0 Å². The fraction of sp³-hybridized carbons (Fsp3) is 0.667. The minimum atomic E-state index is 0.0231. The molecule has 0 amide bonds. The van der Waals surface area contributed by atoms with Crippen LogP contribution < -0.4 is 20.1 Å². The second-order valence-electron chi connectivity index (χ2n) is 6.77. The Labute approximate surface area is 165 Å². The van der Waals surface area contributed by atoms with E-state index in [1.165, 1.54) is 6.42 Å². The number of hydrogen-bond donors (Lipinski definition) is 2. The first-order valence-corrected chi connectivity index (χ1v) is 10.0. The molecule has 0 aliphatic carbocycles. The highest BCUT2D eigenvalue weighted by molar-refractivity contribution is 5.79. The van der Waals surface area contributed by atoms with Gasteiger partial charge in [0.05, 0.1) is 13.7 Å².